The number of anilines is 1. The second-order valence-corrected chi connectivity index (χ2v) is 7.40. The Bertz CT molecular complexity index is 920. The lowest BCUT2D eigenvalue weighted by Crippen LogP contribution is -2.31. The van der Waals surface area contributed by atoms with Crippen molar-refractivity contribution in [3.8, 4) is 0 Å². The molecule has 2 amide bonds. The fourth-order valence-corrected chi connectivity index (χ4v) is 3.23. The summed E-state index contributed by atoms with van der Waals surface area (Å²) in [4.78, 5) is 19.0. The van der Waals surface area contributed by atoms with Crippen molar-refractivity contribution in [2.45, 2.75) is 19.4 Å². The van der Waals surface area contributed by atoms with Crippen molar-refractivity contribution in [3.63, 3.8) is 0 Å². The Morgan fingerprint density at radius 1 is 1.14 bits per heavy atom. The quantitative estimate of drug-likeness (QED) is 0.601. The highest BCUT2D eigenvalue weighted by Crippen LogP contribution is 2.17. The molecule has 6 nitrogen and oxygen atoms in total. The molecule has 0 spiro atoms. The van der Waals surface area contributed by atoms with Gasteiger partial charge in [0, 0.05) is 30.2 Å². The maximum absolute atomic E-state index is 12.1. The minimum absolute atomic E-state index is 0.238. The first-order valence-electron chi connectivity index (χ1n) is 9.42. The molecular weight excluding hydrogens is 374 g/mol. The van der Waals surface area contributed by atoms with Crippen LogP contribution in [0.1, 0.15) is 12.2 Å². The molecule has 0 radical (unpaired) electrons. The number of imidazole rings is 1. The van der Waals surface area contributed by atoms with Gasteiger partial charge in [-0.25, -0.2) is 9.78 Å². The van der Waals surface area contributed by atoms with Crippen LogP contribution >= 0.6 is 11.6 Å². The number of para-hydroxylation sites is 2. The number of aromatic nitrogens is 2. The summed E-state index contributed by atoms with van der Waals surface area (Å²) in [7, 11) is 4.16. The van der Waals surface area contributed by atoms with Crippen LogP contribution in [0, 0.1) is 0 Å². The molecule has 3 aromatic rings. The number of aryl methyl sites for hydroxylation is 1. The highest BCUT2D eigenvalue weighted by atomic mass is 35.5. The van der Waals surface area contributed by atoms with Crippen molar-refractivity contribution in [2.24, 2.45) is 0 Å². The molecule has 0 bridgehead atoms. The molecule has 0 fully saturated rings. The Labute approximate surface area is 170 Å². The molecule has 1 heterocycles. The number of halogens is 1. The van der Waals surface area contributed by atoms with E-state index in [1.54, 1.807) is 24.3 Å². The first-order chi connectivity index (χ1) is 13.5. The number of benzene rings is 2. The fraction of sp³-hybridized carbons (Fsp3) is 0.333. The number of fused-ring (bicyclic) bond motifs is 1. The molecule has 7 heteroatoms. The highest BCUT2D eigenvalue weighted by Gasteiger charge is 2.11. The zero-order chi connectivity index (χ0) is 19.9. The van der Waals surface area contributed by atoms with Crippen molar-refractivity contribution in [2.75, 3.05) is 32.5 Å². The smallest absolute Gasteiger partial charge is 0.319 e. The lowest BCUT2D eigenvalue weighted by molar-refractivity contribution is 0.252. The van der Waals surface area contributed by atoms with Crippen LogP contribution in [0.3, 0.4) is 0 Å². The Morgan fingerprint density at radius 3 is 2.64 bits per heavy atom. The van der Waals surface area contributed by atoms with Crippen LogP contribution in [-0.4, -0.2) is 47.7 Å². The number of hydrogen-bond donors (Lipinski definition) is 2. The molecule has 0 aliphatic carbocycles. The molecule has 0 aliphatic heterocycles. The monoisotopic (exact) mass is 399 g/mol. The van der Waals surface area contributed by atoms with Gasteiger partial charge in [-0.15, -0.1) is 0 Å². The highest BCUT2D eigenvalue weighted by molar-refractivity contribution is 6.30. The summed E-state index contributed by atoms with van der Waals surface area (Å²) < 4.78 is 2.26. The number of carbonyl (C=O) groups is 1. The standard InChI is InChI=1S/C21H26ClN5O/c1-26(2)14-5-15-27-19-7-4-3-6-18(19)25-20(27)12-13-23-21(28)24-17-10-8-16(22)9-11-17/h3-4,6-11H,5,12-15H2,1-2H3,(H2,23,24,28). The number of nitrogens with zero attached hydrogens (tertiary/aromatic N) is 3. The maximum Gasteiger partial charge on any atom is 0.319 e. The van der Waals surface area contributed by atoms with Gasteiger partial charge in [0.25, 0.3) is 0 Å². The third-order valence-electron chi connectivity index (χ3n) is 4.46. The van der Waals surface area contributed by atoms with Crippen LogP contribution < -0.4 is 10.6 Å². The lowest BCUT2D eigenvalue weighted by atomic mass is 10.3. The summed E-state index contributed by atoms with van der Waals surface area (Å²) >= 11 is 5.86. The molecule has 0 saturated heterocycles. The van der Waals surface area contributed by atoms with E-state index in [1.165, 1.54) is 0 Å². The van der Waals surface area contributed by atoms with Crippen molar-refractivity contribution < 1.29 is 4.79 Å². The van der Waals surface area contributed by atoms with Crippen molar-refractivity contribution in [3.05, 3.63) is 59.4 Å². The third-order valence-corrected chi connectivity index (χ3v) is 4.71. The normalized spacial score (nSPS) is 11.1. The summed E-state index contributed by atoms with van der Waals surface area (Å²) in [6.45, 7) is 2.44. The predicted octanol–water partition coefficient (Wildman–Crippen LogP) is 4.01. The van der Waals surface area contributed by atoms with Crippen LogP contribution in [0.5, 0.6) is 0 Å². The zero-order valence-electron chi connectivity index (χ0n) is 16.3. The topological polar surface area (TPSA) is 62.2 Å². The Morgan fingerprint density at radius 2 is 1.89 bits per heavy atom. The number of rotatable bonds is 8. The maximum atomic E-state index is 12.1. The van der Waals surface area contributed by atoms with E-state index in [0.29, 0.717) is 23.7 Å². The molecule has 0 unspecified atom stereocenters. The number of carbonyl (C=O) groups excluding carboxylic acids is 1. The van der Waals surface area contributed by atoms with E-state index in [-0.39, 0.29) is 6.03 Å². The average Bonchev–Trinajstić information content (AvgIpc) is 3.01. The van der Waals surface area contributed by atoms with Crippen LogP contribution in [0.15, 0.2) is 48.5 Å². The molecular formula is C21H26ClN5O. The minimum Gasteiger partial charge on any atom is -0.337 e. The van der Waals surface area contributed by atoms with E-state index in [1.807, 2.05) is 18.2 Å². The third kappa shape index (κ3) is 5.47. The van der Waals surface area contributed by atoms with Gasteiger partial charge >= 0.3 is 6.03 Å². The summed E-state index contributed by atoms with van der Waals surface area (Å²) in [6, 6.07) is 15.0. The molecule has 2 aromatic carbocycles. The van der Waals surface area contributed by atoms with Gasteiger partial charge in [0.15, 0.2) is 0 Å². The van der Waals surface area contributed by atoms with Crippen LogP contribution in [0.25, 0.3) is 11.0 Å². The molecule has 0 saturated carbocycles. The largest absolute Gasteiger partial charge is 0.337 e. The molecule has 3 rings (SSSR count). The molecule has 148 valence electrons. The summed E-state index contributed by atoms with van der Waals surface area (Å²) in [5.41, 5.74) is 2.84. The fourth-order valence-electron chi connectivity index (χ4n) is 3.11. The Kier molecular flexibility index (Phi) is 6.90. The van der Waals surface area contributed by atoms with E-state index in [4.69, 9.17) is 16.6 Å². The van der Waals surface area contributed by atoms with Gasteiger partial charge in [-0.2, -0.15) is 0 Å². The SMILES string of the molecule is CN(C)CCCn1c(CCNC(=O)Nc2ccc(Cl)cc2)nc2ccccc21. The van der Waals surface area contributed by atoms with Gasteiger partial charge in [-0.1, -0.05) is 23.7 Å². The number of nitrogens with one attached hydrogen (secondary N) is 2. The summed E-state index contributed by atoms with van der Waals surface area (Å²) in [5.74, 6) is 0.992. The van der Waals surface area contributed by atoms with Gasteiger partial charge < -0.3 is 20.1 Å². The van der Waals surface area contributed by atoms with Crippen molar-refractivity contribution in [1.82, 2.24) is 19.8 Å². The molecule has 28 heavy (non-hydrogen) atoms. The van der Waals surface area contributed by atoms with E-state index < -0.39 is 0 Å². The molecule has 0 aliphatic rings. The summed E-state index contributed by atoms with van der Waals surface area (Å²) in [6.07, 6.45) is 1.72. The predicted molar refractivity (Wildman–Crippen MR) is 115 cm³/mol. The van der Waals surface area contributed by atoms with Gasteiger partial charge in [0.2, 0.25) is 0 Å². The minimum atomic E-state index is -0.238. The molecule has 1 aromatic heterocycles. The second kappa shape index (κ2) is 9.57. The van der Waals surface area contributed by atoms with E-state index in [0.717, 1.165) is 36.4 Å². The van der Waals surface area contributed by atoms with E-state index in [2.05, 4.69) is 40.3 Å². The van der Waals surface area contributed by atoms with Gasteiger partial charge in [-0.3, -0.25) is 0 Å². The van der Waals surface area contributed by atoms with E-state index in [9.17, 15) is 4.79 Å². The van der Waals surface area contributed by atoms with E-state index >= 15 is 0 Å². The Balaban J connectivity index is 1.59. The van der Waals surface area contributed by atoms with Crippen molar-refractivity contribution >= 4 is 34.4 Å². The molecule has 0 atom stereocenters. The van der Waals surface area contributed by atoms with Gasteiger partial charge in [0.1, 0.15) is 5.82 Å². The van der Waals surface area contributed by atoms with Crippen molar-refractivity contribution in [1.29, 1.82) is 0 Å². The number of hydrogen-bond acceptors (Lipinski definition) is 3. The lowest BCUT2D eigenvalue weighted by Gasteiger charge is -2.13. The molecule has 2 N–H and O–H groups in total. The zero-order valence-corrected chi connectivity index (χ0v) is 17.0. The van der Waals surface area contributed by atoms with Crippen LogP contribution in [0.2, 0.25) is 5.02 Å². The summed E-state index contributed by atoms with van der Waals surface area (Å²) in [5, 5.41) is 6.34. The van der Waals surface area contributed by atoms with Crippen LogP contribution in [0.4, 0.5) is 10.5 Å². The Hall–Kier alpha value is -2.57. The van der Waals surface area contributed by atoms with Crippen LogP contribution in [-0.2, 0) is 13.0 Å². The first kappa shape index (κ1) is 20.2. The number of urea groups is 1. The second-order valence-electron chi connectivity index (χ2n) is 6.96. The number of amides is 2. The average molecular weight is 400 g/mol. The first-order valence-corrected chi connectivity index (χ1v) is 9.80. The van der Waals surface area contributed by atoms with Gasteiger partial charge in [0.05, 0.1) is 11.0 Å². The van der Waals surface area contributed by atoms with Gasteiger partial charge in [-0.05, 0) is 63.5 Å².